The SMILES string of the molecule is CCCCOC(=O)C[C@@H]1O[C@@H](c2cccc(Cl)c2)[C@H](c2ccc(Cl)cc2)N(CC2CC2)C1=O. The zero-order chi connectivity index (χ0) is 23.4. The van der Waals surface area contributed by atoms with Gasteiger partial charge in [0, 0.05) is 16.6 Å². The quantitative estimate of drug-likeness (QED) is 0.313. The van der Waals surface area contributed by atoms with Crippen molar-refractivity contribution in [1.82, 2.24) is 4.90 Å². The van der Waals surface area contributed by atoms with Crippen LogP contribution in [-0.2, 0) is 19.1 Å². The van der Waals surface area contributed by atoms with Crippen LogP contribution in [0.15, 0.2) is 48.5 Å². The van der Waals surface area contributed by atoms with Crippen LogP contribution >= 0.6 is 23.2 Å². The molecule has 7 heteroatoms. The number of morpholine rings is 1. The predicted octanol–water partition coefficient (Wildman–Crippen LogP) is 6.15. The monoisotopic (exact) mass is 489 g/mol. The highest BCUT2D eigenvalue weighted by atomic mass is 35.5. The summed E-state index contributed by atoms with van der Waals surface area (Å²) in [7, 11) is 0. The van der Waals surface area contributed by atoms with Crippen molar-refractivity contribution >= 4 is 35.1 Å². The van der Waals surface area contributed by atoms with Gasteiger partial charge in [0.15, 0.2) is 0 Å². The first-order chi connectivity index (χ1) is 16.0. The Morgan fingerprint density at radius 1 is 1.09 bits per heavy atom. The molecule has 5 nitrogen and oxygen atoms in total. The summed E-state index contributed by atoms with van der Waals surface area (Å²) in [5.74, 6) is -0.116. The van der Waals surface area contributed by atoms with E-state index in [0.717, 1.165) is 36.8 Å². The van der Waals surface area contributed by atoms with Crippen LogP contribution in [0.4, 0.5) is 0 Å². The van der Waals surface area contributed by atoms with Gasteiger partial charge < -0.3 is 14.4 Å². The van der Waals surface area contributed by atoms with Gasteiger partial charge in [-0.15, -0.1) is 0 Å². The number of esters is 1. The molecule has 0 bridgehead atoms. The highest BCUT2D eigenvalue weighted by molar-refractivity contribution is 6.30. The Kier molecular flexibility index (Phi) is 7.94. The molecule has 2 aromatic rings. The average Bonchev–Trinajstić information content (AvgIpc) is 3.61. The number of hydrogen-bond donors (Lipinski definition) is 0. The second-order valence-electron chi connectivity index (χ2n) is 8.81. The molecule has 176 valence electrons. The highest BCUT2D eigenvalue weighted by Crippen LogP contribution is 2.45. The molecular weight excluding hydrogens is 461 g/mol. The molecule has 0 aromatic heterocycles. The van der Waals surface area contributed by atoms with Gasteiger partial charge in [0.05, 0.1) is 19.1 Å². The normalized spacial score (nSPS) is 22.9. The second kappa shape index (κ2) is 10.9. The first-order valence-electron chi connectivity index (χ1n) is 11.6. The van der Waals surface area contributed by atoms with E-state index >= 15 is 0 Å². The van der Waals surface area contributed by atoms with E-state index in [4.69, 9.17) is 32.7 Å². The van der Waals surface area contributed by atoms with Gasteiger partial charge in [-0.3, -0.25) is 9.59 Å². The molecule has 1 heterocycles. The van der Waals surface area contributed by atoms with Crippen molar-refractivity contribution in [3.05, 3.63) is 69.7 Å². The number of rotatable bonds is 9. The number of halogens is 2. The van der Waals surface area contributed by atoms with E-state index in [1.807, 2.05) is 54.3 Å². The summed E-state index contributed by atoms with van der Waals surface area (Å²) < 4.78 is 11.7. The maximum absolute atomic E-state index is 13.6. The van der Waals surface area contributed by atoms with E-state index in [-0.39, 0.29) is 18.4 Å². The van der Waals surface area contributed by atoms with Gasteiger partial charge in [0.25, 0.3) is 5.91 Å². The molecule has 2 aliphatic rings. The molecule has 1 aliphatic heterocycles. The third kappa shape index (κ3) is 6.08. The number of nitrogens with zero attached hydrogens (tertiary/aromatic N) is 1. The van der Waals surface area contributed by atoms with Gasteiger partial charge >= 0.3 is 5.97 Å². The highest BCUT2D eigenvalue weighted by Gasteiger charge is 2.46. The zero-order valence-electron chi connectivity index (χ0n) is 18.7. The van der Waals surface area contributed by atoms with Crippen LogP contribution in [0.3, 0.4) is 0 Å². The van der Waals surface area contributed by atoms with Crippen molar-refractivity contribution in [1.29, 1.82) is 0 Å². The average molecular weight is 490 g/mol. The van der Waals surface area contributed by atoms with E-state index in [0.29, 0.717) is 29.1 Å². The lowest BCUT2D eigenvalue weighted by atomic mass is 9.91. The van der Waals surface area contributed by atoms with Gasteiger partial charge in [-0.2, -0.15) is 0 Å². The Morgan fingerprint density at radius 2 is 1.85 bits per heavy atom. The van der Waals surface area contributed by atoms with Crippen molar-refractivity contribution in [2.75, 3.05) is 13.2 Å². The first-order valence-corrected chi connectivity index (χ1v) is 12.3. The Balaban J connectivity index is 1.67. The van der Waals surface area contributed by atoms with E-state index in [1.54, 1.807) is 6.07 Å². The van der Waals surface area contributed by atoms with E-state index < -0.39 is 18.2 Å². The topological polar surface area (TPSA) is 55.8 Å². The van der Waals surface area contributed by atoms with Crippen LogP contribution in [0.2, 0.25) is 10.0 Å². The molecule has 1 amide bonds. The third-order valence-corrected chi connectivity index (χ3v) is 6.63. The number of ether oxygens (including phenoxy) is 2. The molecule has 1 saturated heterocycles. The summed E-state index contributed by atoms with van der Waals surface area (Å²) in [5, 5.41) is 1.22. The molecule has 1 aliphatic carbocycles. The van der Waals surface area contributed by atoms with Gasteiger partial charge in [0.1, 0.15) is 12.2 Å². The molecule has 2 aromatic carbocycles. The van der Waals surface area contributed by atoms with Crippen molar-refractivity contribution in [2.24, 2.45) is 5.92 Å². The molecule has 2 fully saturated rings. The number of hydrogen-bond acceptors (Lipinski definition) is 4. The van der Waals surface area contributed by atoms with Crippen LogP contribution in [0, 0.1) is 5.92 Å². The van der Waals surface area contributed by atoms with Gasteiger partial charge in [-0.1, -0.05) is 60.8 Å². The van der Waals surface area contributed by atoms with Crippen LogP contribution in [-0.4, -0.2) is 36.0 Å². The van der Waals surface area contributed by atoms with Crippen LogP contribution in [0.25, 0.3) is 0 Å². The van der Waals surface area contributed by atoms with E-state index in [9.17, 15) is 9.59 Å². The summed E-state index contributed by atoms with van der Waals surface area (Å²) in [6.07, 6.45) is 2.45. The number of benzene rings is 2. The molecular formula is C26H29Cl2NO4. The lowest BCUT2D eigenvalue weighted by Gasteiger charge is -2.45. The molecule has 1 saturated carbocycles. The maximum Gasteiger partial charge on any atom is 0.308 e. The van der Waals surface area contributed by atoms with Crippen molar-refractivity contribution < 1.29 is 19.1 Å². The van der Waals surface area contributed by atoms with E-state index in [2.05, 4.69) is 0 Å². The van der Waals surface area contributed by atoms with Crippen LogP contribution in [0.5, 0.6) is 0 Å². The standard InChI is InChI=1S/C26H29Cl2NO4/c1-2-3-13-32-23(30)15-22-26(31)29(16-17-7-8-17)24(18-9-11-20(27)12-10-18)25(33-22)19-5-4-6-21(28)14-19/h4-6,9-12,14,17,22,24-25H,2-3,7-8,13,15-16H2,1H3/t22-,24-,25-/m0/s1. The first kappa shape index (κ1) is 24.1. The van der Waals surface area contributed by atoms with Gasteiger partial charge in [-0.25, -0.2) is 0 Å². The fraction of sp³-hybridized carbons (Fsp3) is 0.462. The number of amides is 1. The second-order valence-corrected chi connectivity index (χ2v) is 9.68. The number of unbranched alkanes of at least 4 members (excludes halogenated alkanes) is 1. The molecule has 33 heavy (non-hydrogen) atoms. The summed E-state index contributed by atoms with van der Waals surface area (Å²) in [4.78, 5) is 27.9. The Morgan fingerprint density at radius 3 is 2.52 bits per heavy atom. The molecule has 0 radical (unpaired) electrons. The van der Waals surface area contributed by atoms with E-state index in [1.165, 1.54) is 0 Å². The summed E-state index contributed by atoms with van der Waals surface area (Å²) in [5.41, 5.74) is 1.79. The largest absolute Gasteiger partial charge is 0.466 e. The zero-order valence-corrected chi connectivity index (χ0v) is 20.2. The molecule has 0 spiro atoms. The predicted molar refractivity (Wildman–Crippen MR) is 128 cm³/mol. The van der Waals surface area contributed by atoms with Crippen LogP contribution in [0.1, 0.15) is 62.3 Å². The minimum absolute atomic E-state index is 0.103. The maximum atomic E-state index is 13.6. The summed E-state index contributed by atoms with van der Waals surface area (Å²) in [6, 6.07) is 14.6. The van der Waals surface area contributed by atoms with Crippen LogP contribution < -0.4 is 0 Å². The fourth-order valence-electron chi connectivity index (χ4n) is 4.21. The van der Waals surface area contributed by atoms with Gasteiger partial charge in [0.2, 0.25) is 0 Å². The number of carbonyl (C=O) groups excluding carboxylic acids is 2. The Hall–Kier alpha value is -2.08. The molecule has 0 unspecified atom stereocenters. The van der Waals surface area contributed by atoms with Crippen molar-refractivity contribution in [3.8, 4) is 0 Å². The Labute approximate surface area is 205 Å². The summed E-state index contributed by atoms with van der Waals surface area (Å²) >= 11 is 12.4. The fourth-order valence-corrected chi connectivity index (χ4v) is 4.54. The lowest BCUT2D eigenvalue weighted by Crippen LogP contribution is -2.52. The third-order valence-electron chi connectivity index (χ3n) is 6.15. The smallest absolute Gasteiger partial charge is 0.308 e. The van der Waals surface area contributed by atoms with Crippen molar-refractivity contribution in [3.63, 3.8) is 0 Å². The van der Waals surface area contributed by atoms with Gasteiger partial charge in [-0.05, 0) is 60.6 Å². The molecule has 4 rings (SSSR count). The minimum atomic E-state index is -0.898. The summed E-state index contributed by atoms with van der Waals surface area (Å²) in [6.45, 7) is 3.02. The lowest BCUT2D eigenvalue weighted by molar-refractivity contribution is -0.180. The number of carbonyl (C=O) groups is 2. The molecule has 0 N–H and O–H groups in total. The molecule has 3 atom stereocenters. The minimum Gasteiger partial charge on any atom is -0.466 e. The van der Waals surface area contributed by atoms with Crippen molar-refractivity contribution in [2.45, 2.75) is 57.3 Å². The Bertz CT molecular complexity index is 977.